The molecule has 22 heavy (non-hydrogen) atoms. The van der Waals surface area contributed by atoms with Crippen molar-refractivity contribution in [3.63, 3.8) is 0 Å². The van der Waals surface area contributed by atoms with Crippen LogP contribution in [0.1, 0.15) is 41.9 Å². The zero-order valence-corrected chi connectivity index (χ0v) is 14.2. The Morgan fingerprint density at radius 3 is 3.14 bits per heavy atom. The highest BCUT2D eigenvalue weighted by Gasteiger charge is 2.46. The van der Waals surface area contributed by atoms with Crippen LogP contribution in [0.4, 0.5) is 0 Å². The molecule has 0 amide bonds. The largest absolute Gasteiger partial charge is 0.369 e. The van der Waals surface area contributed by atoms with Crippen molar-refractivity contribution < 1.29 is 4.74 Å². The third kappa shape index (κ3) is 2.38. The van der Waals surface area contributed by atoms with E-state index in [1.165, 1.54) is 10.4 Å². The lowest BCUT2D eigenvalue weighted by Gasteiger charge is -2.45. The number of piperidine rings is 1. The highest BCUT2D eigenvalue weighted by atomic mass is 35.5. The zero-order valence-electron chi connectivity index (χ0n) is 12.7. The van der Waals surface area contributed by atoms with Crippen molar-refractivity contribution in [1.29, 1.82) is 0 Å². The molecule has 1 N–H and O–H groups in total. The maximum Gasteiger partial charge on any atom is 0.106 e. The summed E-state index contributed by atoms with van der Waals surface area (Å²) in [4.78, 5) is 2.92. The van der Waals surface area contributed by atoms with E-state index >= 15 is 0 Å². The van der Waals surface area contributed by atoms with Crippen LogP contribution in [0.5, 0.6) is 0 Å². The SMILES string of the molecule is C[C@H]1C[C@@]2(C[C@@H](c3cnn(C)n3)N1)OCCc1cc(Cl)sc12. The molecule has 1 fully saturated rings. The summed E-state index contributed by atoms with van der Waals surface area (Å²) >= 11 is 7.94. The first-order valence-corrected chi connectivity index (χ1v) is 8.80. The molecule has 4 heterocycles. The molecule has 2 aliphatic heterocycles. The minimum Gasteiger partial charge on any atom is -0.369 e. The van der Waals surface area contributed by atoms with E-state index < -0.39 is 0 Å². The van der Waals surface area contributed by atoms with Gasteiger partial charge in [-0.25, -0.2) is 0 Å². The van der Waals surface area contributed by atoms with E-state index in [9.17, 15) is 0 Å². The van der Waals surface area contributed by atoms with Crippen molar-refractivity contribution in [2.45, 2.75) is 43.9 Å². The van der Waals surface area contributed by atoms with E-state index in [2.05, 4.69) is 28.5 Å². The summed E-state index contributed by atoms with van der Waals surface area (Å²) in [6.07, 6.45) is 4.64. The molecule has 2 aliphatic rings. The molecule has 1 saturated heterocycles. The first kappa shape index (κ1) is 14.6. The lowest BCUT2D eigenvalue weighted by molar-refractivity contribution is -0.0958. The molecule has 4 rings (SSSR count). The molecule has 0 aromatic carbocycles. The maximum atomic E-state index is 6.33. The Labute approximate surface area is 138 Å². The molecule has 7 heteroatoms. The Hall–Kier alpha value is -0.950. The fourth-order valence-corrected chi connectivity index (χ4v) is 5.23. The molecular formula is C15H19ClN4OS. The summed E-state index contributed by atoms with van der Waals surface area (Å²) in [7, 11) is 1.85. The van der Waals surface area contributed by atoms with Gasteiger partial charge in [0.15, 0.2) is 0 Å². The molecular weight excluding hydrogens is 320 g/mol. The summed E-state index contributed by atoms with van der Waals surface area (Å²) in [5, 5.41) is 12.3. The monoisotopic (exact) mass is 338 g/mol. The number of hydrogen-bond donors (Lipinski definition) is 1. The number of thiophene rings is 1. The average molecular weight is 339 g/mol. The fraction of sp³-hybridized carbons (Fsp3) is 0.600. The van der Waals surface area contributed by atoms with Crippen molar-refractivity contribution >= 4 is 22.9 Å². The smallest absolute Gasteiger partial charge is 0.106 e. The van der Waals surface area contributed by atoms with E-state index in [-0.39, 0.29) is 11.6 Å². The van der Waals surface area contributed by atoms with Gasteiger partial charge in [-0.05, 0) is 31.4 Å². The van der Waals surface area contributed by atoms with Crippen LogP contribution < -0.4 is 5.32 Å². The number of fused-ring (bicyclic) bond motifs is 2. The molecule has 118 valence electrons. The van der Waals surface area contributed by atoms with Crippen LogP contribution in [-0.4, -0.2) is 27.6 Å². The van der Waals surface area contributed by atoms with E-state index in [0.29, 0.717) is 6.04 Å². The Morgan fingerprint density at radius 1 is 1.50 bits per heavy atom. The van der Waals surface area contributed by atoms with Gasteiger partial charge in [-0.2, -0.15) is 15.0 Å². The molecule has 2 aromatic heterocycles. The molecule has 0 aliphatic carbocycles. The van der Waals surface area contributed by atoms with E-state index in [4.69, 9.17) is 16.3 Å². The van der Waals surface area contributed by atoms with E-state index in [0.717, 1.165) is 35.9 Å². The third-order valence-corrected chi connectivity index (χ3v) is 6.06. The number of rotatable bonds is 1. The lowest BCUT2D eigenvalue weighted by Crippen LogP contribution is -2.49. The molecule has 0 unspecified atom stereocenters. The van der Waals surface area contributed by atoms with Gasteiger partial charge in [-0.3, -0.25) is 0 Å². The van der Waals surface area contributed by atoms with Crippen LogP contribution in [0.25, 0.3) is 0 Å². The van der Waals surface area contributed by atoms with Crippen molar-refractivity contribution in [2.24, 2.45) is 7.05 Å². The Kier molecular flexibility index (Phi) is 3.52. The molecule has 1 spiro atoms. The topological polar surface area (TPSA) is 52.0 Å². The highest BCUT2D eigenvalue weighted by molar-refractivity contribution is 7.16. The van der Waals surface area contributed by atoms with E-state index in [1.54, 1.807) is 16.1 Å². The minimum atomic E-state index is -0.238. The number of nitrogens with one attached hydrogen (secondary N) is 1. The van der Waals surface area contributed by atoms with Gasteiger partial charge in [0.1, 0.15) is 5.60 Å². The van der Waals surface area contributed by atoms with Crippen LogP contribution in [0.3, 0.4) is 0 Å². The number of ether oxygens (including phenoxy) is 1. The van der Waals surface area contributed by atoms with Crippen LogP contribution >= 0.6 is 22.9 Å². The fourth-order valence-electron chi connectivity index (χ4n) is 3.77. The first-order chi connectivity index (χ1) is 10.6. The minimum absolute atomic E-state index is 0.157. The standard InChI is InChI=1S/C15H19ClN4OS/c1-9-6-15(7-11(18-9)12-8-17-20(2)19-12)14-10(3-4-21-15)5-13(16)22-14/h5,8-9,11,18H,3-4,6-7H2,1-2H3/t9-,11-,15-/m0/s1. The van der Waals surface area contributed by atoms with Crippen LogP contribution in [-0.2, 0) is 23.8 Å². The van der Waals surface area contributed by atoms with Gasteiger partial charge in [0.25, 0.3) is 0 Å². The van der Waals surface area contributed by atoms with Crippen molar-refractivity contribution in [2.75, 3.05) is 6.61 Å². The second-order valence-electron chi connectivity index (χ2n) is 6.29. The summed E-state index contributed by atoms with van der Waals surface area (Å²) in [5.41, 5.74) is 2.10. The van der Waals surface area contributed by atoms with Crippen LogP contribution in [0.2, 0.25) is 4.34 Å². The van der Waals surface area contributed by atoms with Crippen molar-refractivity contribution in [3.05, 3.63) is 32.7 Å². The Balaban J connectivity index is 1.72. The molecule has 3 atom stereocenters. The van der Waals surface area contributed by atoms with Crippen molar-refractivity contribution in [1.82, 2.24) is 20.3 Å². The molecule has 0 saturated carbocycles. The maximum absolute atomic E-state index is 6.33. The van der Waals surface area contributed by atoms with Gasteiger partial charge in [0.05, 0.1) is 28.9 Å². The Bertz CT molecular complexity index is 700. The highest BCUT2D eigenvalue weighted by Crippen LogP contribution is 2.49. The number of aryl methyl sites for hydroxylation is 1. The Morgan fingerprint density at radius 2 is 2.36 bits per heavy atom. The number of halogens is 1. The number of aromatic nitrogens is 3. The third-order valence-electron chi connectivity index (χ3n) is 4.57. The van der Waals surface area contributed by atoms with Gasteiger partial charge in [0, 0.05) is 24.4 Å². The van der Waals surface area contributed by atoms with Gasteiger partial charge in [-0.15, -0.1) is 11.3 Å². The molecule has 2 aromatic rings. The van der Waals surface area contributed by atoms with Gasteiger partial charge in [-0.1, -0.05) is 11.6 Å². The summed E-state index contributed by atoms with van der Waals surface area (Å²) in [5.74, 6) is 0. The number of hydrogen-bond acceptors (Lipinski definition) is 5. The van der Waals surface area contributed by atoms with Crippen LogP contribution in [0.15, 0.2) is 12.3 Å². The second kappa shape index (κ2) is 5.30. The summed E-state index contributed by atoms with van der Waals surface area (Å²) in [6.45, 7) is 2.97. The summed E-state index contributed by atoms with van der Waals surface area (Å²) < 4.78 is 7.19. The molecule has 0 radical (unpaired) electrons. The van der Waals surface area contributed by atoms with E-state index in [1.807, 2.05) is 13.2 Å². The van der Waals surface area contributed by atoms with Gasteiger partial charge < -0.3 is 10.1 Å². The number of nitrogens with zero attached hydrogens (tertiary/aromatic N) is 3. The molecule has 0 bridgehead atoms. The molecule has 5 nitrogen and oxygen atoms in total. The predicted octanol–water partition coefficient (Wildman–Crippen LogP) is 2.81. The van der Waals surface area contributed by atoms with Gasteiger partial charge in [0.2, 0.25) is 0 Å². The zero-order chi connectivity index (χ0) is 15.3. The quantitative estimate of drug-likeness (QED) is 0.868. The van der Waals surface area contributed by atoms with Gasteiger partial charge >= 0.3 is 0 Å². The second-order valence-corrected chi connectivity index (χ2v) is 7.97. The first-order valence-electron chi connectivity index (χ1n) is 7.61. The average Bonchev–Trinajstić information content (AvgIpc) is 3.04. The predicted molar refractivity (Wildman–Crippen MR) is 86.2 cm³/mol. The lowest BCUT2D eigenvalue weighted by atomic mass is 9.79. The normalized spacial score (nSPS) is 31.4. The van der Waals surface area contributed by atoms with Crippen LogP contribution in [0, 0.1) is 0 Å². The summed E-state index contributed by atoms with van der Waals surface area (Å²) in [6, 6.07) is 2.62. The van der Waals surface area contributed by atoms with Crippen molar-refractivity contribution in [3.8, 4) is 0 Å².